The third-order valence-corrected chi connectivity index (χ3v) is 0.250. The van der Waals surface area contributed by atoms with E-state index in [1.54, 1.807) is 0 Å². The summed E-state index contributed by atoms with van der Waals surface area (Å²) in [5.74, 6) is 0. The summed E-state index contributed by atoms with van der Waals surface area (Å²) < 4.78 is 0. The van der Waals surface area contributed by atoms with Gasteiger partial charge in [0.25, 0.3) is 0 Å². The van der Waals surface area contributed by atoms with Gasteiger partial charge in [-0.1, -0.05) is 0 Å². The monoisotopic (exact) mass is 244 g/mol. The summed E-state index contributed by atoms with van der Waals surface area (Å²) in [6.07, 6.45) is 0. The Labute approximate surface area is 82.3 Å². The molecule has 0 aromatic rings. The van der Waals surface area contributed by atoms with Crippen molar-refractivity contribution >= 4 is 20.4 Å². The zero-order chi connectivity index (χ0) is 9.54. The number of rotatable bonds is 2. The third kappa shape index (κ3) is 102. The van der Waals surface area contributed by atoms with Gasteiger partial charge in [0.2, 0.25) is 0 Å². The maximum atomic E-state index is 6.26. The zero-order valence-corrected chi connectivity index (χ0v) is 8.40. The van der Waals surface area contributed by atoms with Crippen molar-refractivity contribution in [2.45, 2.75) is 0 Å². The summed E-state index contributed by atoms with van der Waals surface area (Å²) in [5.41, 5.74) is 25.1. The molecule has 0 unspecified atom stereocenters. The average molecular weight is 246 g/mol. The van der Waals surface area contributed by atoms with Crippen molar-refractivity contribution in [3.8, 4) is 0 Å². The average Bonchev–Trinajstić information content (AvgIpc) is 2.06. The van der Waals surface area contributed by atoms with Crippen molar-refractivity contribution in [2.75, 3.05) is 26.2 Å². The van der Waals surface area contributed by atoms with Crippen molar-refractivity contribution in [3.63, 3.8) is 0 Å². The number of nitrogens with one attached hydrogen (secondary N) is 4. The minimum Gasteiger partial charge on any atom is -0.679 e. The van der Waals surface area contributed by atoms with Crippen LogP contribution in [0.2, 0.25) is 0 Å². The van der Waals surface area contributed by atoms with Crippen LogP contribution in [0, 0.1) is 0 Å². The Morgan fingerprint density at radius 2 is 0.818 bits per heavy atom. The van der Waals surface area contributed by atoms with Crippen LogP contribution in [0.4, 0.5) is 0 Å². The summed E-state index contributed by atoms with van der Waals surface area (Å²) in [7, 11) is 9.40. The molecule has 0 aliphatic heterocycles. The summed E-state index contributed by atoms with van der Waals surface area (Å²) in [4.78, 5) is 0. The number of hydrogen-bond donors (Lipinski definition) is 0. The molecule has 0 bridgehead atoms. The molecule has 0 aromatic heterocycles. The maximum Gasteiger partial charge on any atom is -0.171 e. The van der Waals surface area contributed by atoms with Crippen LogP contribution >= 0.6 is 20.4 Å². The Morgan fingerprint density at radius 3 is 0.818 bits per heavy atom. The normalized spacial score (nSPS) is 7.45. The molecule has 0 aliphatic rings. The van der Waals surface area contributed by atoms with E-state index in [0.717, 1.165) is 0 Å². The summed E-state index contributed by atoms with van der Waals surface area (Å²) in [6, 6.07) is 0. The zero-order valence-electron chi connectivity index (χ0n) is 5.90. The summed E-state index contributed by atoms with van der Waals surface area (Å²) >= 11 is 0.569. The van der Waals surface area contributed by atoms with Gasteiger partial charge in [-0.15, -0.1) is 0 Å². The fraction of sp³-hybridized carbons (Fsp3) is 1.00. The largest absolute Gasteiger partial charge is 0.679 e. The molecule has 7 heteroatoms. The van der Waals surface area contributed by atoms with E-state index >= 15 is 0 Å². The van der Waals surface area contributed by atoms with Gasteiger partial charge in [0.05, 0.1) is 0 Å². The van der Waals surface area contributed by atoms with Gasteiger partial charge in [-0.2, -0.15) is 26.2 Å². The molecular formula is C4H12Cl2N4Ni-2. The molecule has 0 spiro atoms. The van der Waals surface area contributed by atoms with E-state index in [1.165, 1.54) is 0 Å². The van der Waals surface area contributed by atoms with Gasteiger partial charge in [0.15, 0.2) is 0 Å². The second-order valence-electron chi connectivity index (χ2n) is 1.05. The van der Waals surface area contributed by atoms with Crippen LogP contribution in [-0.4, -0.2) is 26.2 Å². The Kier molecular flexibility index (Phi) is 49.8. The Morgan fingerprint density at radius 1 is 0.727 bits per heavy atom. The molecule has 0 heterocycles. The fourth-order valence-electron chi connectivity index (χ4n) is 0. The van der Waals surface area contributed by atoms with Crippen LogP contribution in [0.1, 0.15) is 0 Å². The molecule has 0 saturated carbocycles. The fourth-order valence-corrected chi connectivity index (χ4v) is 0. The first-order valence-electron chi connectivity index (χ1n) is 2.65. The molecule has 0 rings (SSSR count). The Hall–Kier alpha value is 0.914. The van der Waals surface area contributed by atoms with E-state index in [2.05, 4.69) is 0 Å². The van der Waals surface area contributed by atoms with E-state index in [9.17, 15) is 0 Å². The van der Waals surface area contributed by atoms with Crippen molar-refractivity contribution in [2.24, 2.45) is 0 Å². The third-order valence-electron chi connectivity index (χ3n) is 0.250. The Bertz CT molecular complexity index is 35.3. The first kappa shape index (κ1) is 17.9. The van der Waals surface area contributed by atoms with Crippen LogP contribution in [0.5, 0.6) is 0 Å². The molecule has 0 aromatic carbocycles. The molecule has 0 saturated heterocycles. The van der Waals surface area contributed by atoms with Crippen LogP contribution in [0.15, 0.2) is 0 Å². The van der Waals surface area contributed by atoms with Crippen molar-refractivity contribution in [1.82, 2.24) is 0 Å². The van der Waals surface area contributed by atoms with Crippen LogP contribution < -0.4 is 0 Å². The molecule has 4 nitrogen and oxygen atoms in total. The first-order chi connectivity index (χ1) is 5.24. The molecule has 11 heavy (non-hydrogen) atoms. The second kappa shape index (κ2) is 30.7. The van der Waals surface area contributed by atoms with Gasteiger partial charge in [0.1, 0.15) is 0 Å². The SMILES string of the molecule is [Cl][Ni+2][Cl].[NH-]CC[NH-].[NH-]CC[NH-]. The van der Waals surface area contributed by atoms with Gasteiger partial charge in [0, 0.05) is 0 Å². The number of hydrogen-bond acceptors (Lipinski definition) is 0. The maximum absolute atomic E-state index is 6.26. The minimum absolute atomic E-state index is 0.236. The van der Waals surface area contributed by atoms with E-state index in [0.29, 0.717) is 12.7 Å². The predicted molar refractivity (Wildman–Crippen MR) is 48.5 cm³/mol. The molecular weight excluding hydrogens is 234 g/mol. The van der Waals surface area contributed by atoms with Gasteiger partial charge in [-0.3, -0.25) is 0 Å². The molecule has 4 N–H and O–H groups in total. The quantitative estimate of drug-likeness (QED) is 0.665. The molecule has 0 amide bonds. The van der Waals surface area contributed by atoms with Crippen LogP contribution in [0.3, 0.4) is 0 Å². The smallest absolute Gasteiger partial charge is 0.171 e. The van der Waals surface area contributed by atoms with Gasteiger partial charge in [-0.25, -0.2) is 0 Å². The van der Waals surface area contributed by atoms with E-state index in [4.69, 9.17) is 43.3 Å². The predicted octanol–water partition coefficient (Wildman–Crippen LogP) is 3.56. The topological polar surface area (TPSA) is 95.2 Å². The van der Waals surface area contributed by atoms with E-state index in [1.807, 2.05) is 0 Å². The summed E-state index contributed by atoms with van der Waals surface area (Å²) in [6.45, 7) is 0.944. The van der Waals surface area contributed by atoms with E-state index < -0.39 is 0 Å². The molecule has 0 aliphatic carbocycles. The molecule has 0 fully saturated rings. The molecule has 0 atom stereocenters. The van der Waals surface area contributed by atoms with Gasteiger partial charge in [-0.05, 0) is 0 Å². The Balaban J connectivity index is -0.0000000886. The number of halogens is 2. The van der Waals surface area contributed by atoms with Gasteiger partial charge >= 0.3 is 33.0 Å². The first-order valence-corrected chi connectivity index (χ1v) is 5.37. The van der Waals surface area contributed by atoms with E-state index in [-0.39, 0.29) is 26.2 Å². The minimum atomic E-state index is 0.236. The van der Waals surface area contributed by atoms with Gasteiger partial charge < -0.3 is 22.9 Å². The van der Waals surface area contributed by atoms with Crippen LogP contribution in [-0.2, 0) is 12.7 Å². The molecule has 74 valence electrons. The van der Waals surface area contributed by atoms with Crippen molar-refractivity contribution < 1.29 is 12.7 Å². The van der Waals surface area contributed by atoms with Crippen molar-refractivity contribution in [3.05, 3.63) is 22.9 Å². The van der Waals surface area contributed by atoms with Crippen LogP contribution in [0.25, 0.3) is 22.9 Å². The van der Waals surface area contributed by atoms with Crippen molar-refractivity contribution in [1.29, 1.82) is 0 Å². The summed E-state index contributed by atoms with van der Waals surface area (Å²) in [5, 5.41) is 0. The standard InChI is InChI=1S/2C2H6N2.2ClH.Ni/c2*3-1-2-4;;;/h2*3-4H,1-2H2;2*1H;/q2*-2;;;+4/p-2. The second-order valence-corrected chi connectivity index (χ2v) is 2.68. The molecule has 0 radical (unpaired) electrons.